The normalized spacial score (nSPS) is 10.4. The van der Waals surface area contributed by atoms with Crippen LogP contribution >= 0.6 is 23.2 Å². The first kappa shape index (κ1) is 12.3. The summed E-state index contributed by atoms with van der Waals surface area (Å²) in [6, 6.07) is 12.6. The predicted molar refractivity (Wildman–Crippen MR) is 74.5 cm³/mol. The van der Waals surface area contributed by atoms with E-state index in [1.165, 1.54) is 0 Å². The molecule has 0 bridgehead atoms. The van der Waals surface area contributed by atoms with Crippen molar-refractivity contribution in [2.45, 2.75) is 13.8 Å². The van der Waals surface area contributed by atoms with Crippen LogP contribution in [0.3, 0.4) is 0 Å². The van der Waals surface area contributed by atoms with E-state index in [-0.39, 0.29) is 0 Å². The standard InChI is InChI=1S/C14H12Cl2N/c1-9-6-11(15)8-12(7-9)17-14-10(2)4-3-5-13(14)16/h3-5,7-8,17H,1-2H3. The van der Waals surface area contributed by atoms with Gasteiger partial charge >= 0.3 is 0 Å². The average Bonchev–Trinajstić information content (AvgIpc) is 2.22. The van der Waals surface area contributed by atoms with Crippen LogP contribution in [-0.2, 0) is 0 Å². The number of hydrogen-bond acceptors (Lipinski definition) is 1. The zero-order valence-electron chi connectivity index (χ0n) is 9.64. The largest absolute Gasteiger partial charge is 0.354 e. The van der Waals surface area contributed by atoms with Crippen LogP contribution < -0.4 is 5.32 Å². The van der Waals surface area contributed by atoms with Crippen molar-refractivity contribution >= 4 is 34.6 Å². The van der Waals surface area contributed by atoms with Crippen LogP contribution in [0, 0.1) is 19.9 Å². The summed E-state index contributed by atoms with van der Waals surface area (Å²) < 4.78 is 0. The van der Waals surface area contributed by atoms with Crippen molar-refractivity contribution in [3.05, 3.63) is 57.6 Å². The molecule has 1 N–H and O–H groups in total. The van der Waals surface area contributed by atoms with Crippen LogP contribution in [-0.4, -0.2) is 0 Å². The molecule has 2 aromatic rings. The maximum absolute atomic E-state index is 6.16. The van der Waals surface area contributed by atoms with Crippen LogP contribution in [0.4, 0.5) is 11.4 Å². The van der Waals surface area contributed by atoms with Crippen molar-refractivity contribution in [2.24, 2.45) is 0 Å². The summed E-state index contributed by atoms with van der Waals surface area (Å²) in [5, 5.41) is 4.58. The van der Waals surface area contributed by atoms with Gasteiger partial charge in [-0.15, -0.1) is 0 Å². The van der Waals surface area contributed by atoms with Gasteiger partial charge in [0.25, 0.3) is 0 Å². The van der Waals surface area contributed by atoms with Crippen molar-refractivity contribution in [3.63, 3.8) is 0 Å². The Balaban J connectivity index is 2.38. The molecule has 0 saturated carbocycles. The van der Waals surface area contributed by atoms with Gasteiger partial charge in [0.15, 0.2) is 0 Å². The van der Waals surface area contributed by atoms with Gasteiger partial charge in [0.1, 0.15) is 0 Å². The van der Waals surface area contributed by atoms with Crippen LogP contribution in [0.1, 0.15) is 11.1 Å². The Kier molecular flexibility index (Phi) is 3.60. The summed E-state index contributed by atoms with van der Waals surface area (Å²) in [6.07, 6.45) is 0. The molecule has 2 aromatic carbocycles. The van der Waals surface area contributed by atoms with Gasteiger partial charge in [0.05, 0.1) is 15.7 Å². The van der Waals surface area contributed by atoms with Crippen LogP contribution in [0.5, 0.6) is 0 Å². The van der Waals surface area contributed by atoms with E-state index in [0.29, 0.717) is 10.0 Å². The van der Waals surface area contributed by atoms with Gasteiger partial charge in [-0.25, -0.2) is 0 Å². The fraction of sp³-hybridized carbons (Fsp3) is 0.143. The highest BCUT2D eigenvalue weighted by Gasteiger charge is 2.04. The van der Waals surface area contributed by atoms with Crippen molar-refractivity contribution in [1.29, 1.82) is 0 Å². The minimum atomic E-state index is 0.595. The molecule has 0 heterocycles. The fourth-order valence-electron chi connectivity index (χ4n) is 1.68. The highest BCUT2D eigenvalue weighted by Crippen LogP contribution is 2.29. The Hall–Kier alpha value is -1.18. The van der Waals surface area contributed by atoms with E-state index in [0.717, 1.165) is 22.5 Å². The lowest BCUT2D eigenvalue weighted by Gasteiger charge is -2.12. The average molecular weight is 265 g/mol. The number of halogens is 2. The second-order valence-electron chi connectivity index (χ2n) is 3.96. The lowest BCUT2D eigenvalue weighted by molar-refractivity contribution is 1.40. The highest BCUT2D eigenvalue weighted by molar-refractivity contribution is 6.33. The lowest BCUT2D eigenvalue weighted by Crippen LogP contribution is -1.94. The maximum Gasteiger partial charge on any atom is 0.0643 e. The van der Waals surface area contributed by atoms with Crippen LogP contribution in [0.25, 0.3) is 0 Å². The molecule has 0 aliphatic carbocycles. The van der Waals surface area contributed by atoms with Crippen LogP contribution in [0.2, 0.25) is 10.0 Å². The molecule has 1 nitrogen and oxygen atoms in total. The number of para-hydroxylation sites is 1. The minimum Gasteiger partial charge on any atom is -0.354 e. The highest BCUT2D eigenvalue weighted by atomic mass is 35.5. The molecule has 0 amide bonds. The summed E-state index contributed by atoms with van der Waals surface area (Å²) in [6.45, 7) is 3.97. The number of rotatable bonds is 2. The monoisotopic (exact) mass is 264 g/mol. The Morgan fingerprint density at radius 1 is 1.12 bits per heavy atom. The van der Waals surface area contributed by atoms with E-state index in [1.54, 1.807) is 0 Å². The first-order chi connectivity index (χ1) is 8.06. The molecule has 0 unspecified atom stereocenters. The van der Waals surface area contributed by atoms with E-state index in [1.807, 2.05) is 44.2 Å². The number of hydrogen-bond donors (Lipinski definition) is 1. The maximum atomic E-state index is 6.16. The third-order valence-electron chi connectivity index (χ3n) is 2.46. The number of aryl methyl sites for hydroxylation is 2. The molecule has 0 fully saturated rings. The van der Waals surface area contributed by atoms with E-state index < -0.39 is 0 Å². The molecule has 3 heteroatoms. The lowest BCUT2D eigenvalue weighted by atomic mass is 10.1. The zero-order chi connectivity index (χ0) is 12.4. The molecule has 1 radical (unpaired) electrons. The number of benzene rings is 2. The zero-order valence-corrected chi connectivity index (χ0v) is 11.2. The number of anilines is 2. The van der Waals surface area contributed by atoms with Crippen LogP contribution in [0.15, 0.2) is 30.3 Å². The van der Waals surface area contributed by atoms with Gasteiger partial charge in [-0.2, -0.15) is 0 Å². The molecular formula is C14H12Cl2N. The third kappa shape index (κ3) is 2.93. The minimum absolute atomic E-state index is 0.595. The molecule has 0 aliphatic rings. The summed E-state index contributed by atoms with van der Waals surface area (Å²) >= 11 is 12.1. The predicted octanol–water partition coefficient (Wildman–Crippen LogP) is 5.15. The van der Waals surface area contributed by atoms with Gasteiger partial charge in [-0.3, -0.25) is 0 Å². The summed E-state index contributed by atoms with van der Waals surface area (Å²) in [5.74, 6) is 0. The van der Waals surface area contributed by atoms with E-state index in [9.17, 15) is 0 Å². The molecule has 87 valence electrons. The molecule has 0 spiro atoms. The van der Waals surface area contributed by atoms with Crippen molar-refractivity contribution in [2.75, 3.05) is 5.32 Å². The van der Waals surface area contributed by atoms with Crippen molar-refractivity contribution in [3.8, 4) is 0 Å². The Morgan fingerprint density at radius 3 is 2.53 bits per heavy atom. The second-order valence-corrected chi connectivity index (χ2v) is 4.77. The summed E-state index contributed by atoms with van der Waals surface area (Å²) in [5.41, 5.74) is 3.92. The molecule has 0 saturated heterocycles. The van der Waals surface area contributed by atoms with E-state index in [2.05, 4.69) is 11.4 Å². The Morgan fingerprint density at radius 2 is 1.88 bits per heavy atom. The number of nitrogens with one attached hydrogen (secondary N) is 1. The first-order valence-corrected chi connectivity index (χ1v) is 6.03. The topological polar surface area (TPSA) is 12.0 Å². The quantitative estimate of drug-likeness (QED) is 0.791. The van der Waals surface area contributed by atoms with E-state index >= 15 is 0 Å². The van der Waals surface area contributed by atoms with Gasteiger partial charge in [-0.05, 0) is 43.2 Å². The molecule has 0 aliphatic heterocycles. The SMILES string of the molecule is Cc1[c]c(Cl)cc(Nc2c(C)cccc2Cl)c1. The van der Waals surface area contributed by atoms with Crippen molar-refractivity contribution < 1.29 is 0 Å². The van der Waals surface area contributed by atoms with Crippen molar-refractivity contribution in [1.82, 2.24) is 0 Å². The Labute approximate surface area is 111 Å². The molecule has 17 heavy (non-hydrogen) atoms. The van der Waals surface area contributed by atoms with Gasteiger partial charge in [0.2, 0.25) is 0 Å². The summed E-state index contributed by atoms with van der Waals surface area (Å²) in [4.78, 5) is 0. The van der Waals surface area contributed by atoms with Gasteiger partial charge in [-0.1, -0.05) is 35.3 Å². The molecular weight excluding hydrogens is 253 g/mol. The Bertz CT molecular complexity index is 509. The smallest absolute Gasteiger partial charge is 0.0643 e. The summed E-state index contributed by atoms with van der Waals surface area (Å²) in [7, 11) is 0. The molecule has 0 atom stereocenters. The molecule has 0 aromatic heterocycles. The first-order valence-electron chi connectivity index (χ1n) is 5.28. The van der Waals surface area contributed by atoms with Gasteiger partial charge in [0, 0.05) is 11.8 Å². The van der Waals surface area contributed by atoms with Gasteiger partial charge < -0.3 is 5.32 Å². The second kappa shape index (κ2) is 4.99. The van der Waals surface area contributed by atoms with E-state index in [4.69, 9.17) is 23.2 Å². The molecule has 2 rings (SSSR count). The third-order valence-corrected chi connectivity index (χ3v) is 2.98. The fourth-order valence-corrected chi connectivity index (χ4v) is 2.21.